The molecule has 0 radical (unpaired) electrons. The zero-order valence-electron chi connectivity index (χ0n) is 16.8. The third-order valence-corrected chi connectivity index (χ3v) is 5.26. The van der Waals surface area contributed by atoms with Crippen molar-refractivity contribution in [3.63, 3.8) is 0 Å². The van der Waals surface area contributed by atoms with Crippen molar-refractivity contribution in [2.45, 2.75) is 25.2 Å². The SMILES string of the molecule is C=CC(=O)OCCOC(=O)C(C#N)=C1Sc2cc(OC)ccc2N1CCC(C)C. The fourth-order valence-electron chi connectivity index (χ4n) is 2.58. The van der Waals surface area contributed by atoms with Crippen molar-refractivity contribution >= 4 is 29.4 Å². The molecule has 1 aromatic rings. The van der Waals surface area contributed by atoms with E-state index in [0.717, 1.165) is 23.1 Å². The number of thioether (sulfide) groups is 1. The van der Waals surface area contributed by atoms with Crippen LogP contribution in [0.3, 0.4) is 0 Å². The van der Waals surface area contributed by atoms with Crippen molar-refractivity contribution in [2.75, 3.05) is 31.8 Å². The number of carbonyl (C=O) groups is 2. The molecule has 8 heteroatoms. The number of rotatable bonds is 9. The highest BCUT2D eigenvalue weighted by molar-refractivity contribution is 8.03. The van der Waals surface area contributed by atoms with Crippen LogP contribution in [0.15, 0.2) is 46.4 Å². The summed E-state index contributed by atoms with van der Waals surface area (Å²) in [5.74, 6) is -0.193. The molecule has 1 aromatic carbocycles. The Labute approximate surface area is 174 Å². The van der Waals surface area contributed by atoms with Gasteiger partial charge in [-0.25, -0.2) is 9.59 Å². The van der Waals surface area contributed by atoms with Crippen LogP contribution in [-0.4, -0.2) is 38.8 Å². The molecule has 7 nitrogen and oxygen atoms in total. The Balaban J connectivity index is 2.24. The minimum atomic E-state index is -0.751. The van der Waals surface area contributed by atoms with Gasteiger partial charge < -0.3 is 19.1 Å². The lowest BCUT2D eigenvalue weighted by Gasteiger charge is -2.22. The number of ether oxygens (including phenoxy) is 3. The van der Waals surface area contributed by atoms with E-state index in [-0.39, 0.29) is 18.8 Å². The van der Waals surface area contributed by atoms with E-state index in [9.17, 15) is 14.9 Å². The van der Waals surface area contributed by atoms with Crippen molar-refractivity contribution < 1.29 is 23.8 Å². The minimum absolute atomic E-state index is 0.0797. The van der Waals surface area contributed by atoms with Gasteiger partial charge in [0.2, 0.25) is 0 Å². The first-order valence-electron chi connectivity index (χ1n) is 9.15. The quantitative estimate of drug-likeness (QED) is 0.261. The molecule has 0 amide bonds. The molecule has 1 aliphatic rings. The lowest BCUT2D eigenvalue weighted by Crippen LogP contribution is -2.24. The van der Waals surface area contributed by atoms with Gasteiger partial charge in [-0.05, 0) is 30.5 Å². The monoisotopic (exact) mass is 416 g/mol. The molecule has 0 N–H and O–H groups in total. The highest BCUT2D eigenvalue weighted by atomic mass is 32.2. The third kappa shape index (κ3) is 5.78. The van der Waals surface area contributed by atoms with Crippen molar-refractivity contribution in [1.29, 1.82) is 5.26 Å². The molecule has 0 saturated carbocycles. The molecule has 2 rings (SSSR count). The molecular formula is C21H24N2O5S. The van der Waals surface area contributed by atoms with Crippen LogP contribution in [0.25, 0.3) is 0 Å². The van der Waals surface area contributed by atoms with Gasteiger partial charge in [-0.3, -0.25) is 0 Å². The third-order valence-electron chi connectivity index (χ3n) is 4.10. The Morgan fingerprint density at radius 3 is 2.66 bits per heavy atom. The van der Waals surface area contributed by atoms with E-state index in [0.29, 0.717) is 23.2 Å². The molecule has 0 atom stereocenters. The number of nitriles is 1. The van der Waals surface area contributed by atoms with E-state index in [1.54, 1.807) is 7.11 Å². The van der Waals surface area contributed by atoms with Gasteiger partial charge in [0.15, 0.2) is 5.57 Å². The first kappa shape index (κ1) is 22.4. The van der Waals surface area contributed by atoms with Gasteiger partial charge in [0.25, 0.3) is 0 Å². The summed E-state index contributed by atoms with van der Waals surface area (Å²) in [5.41, 5.74) is 0.843. The fourth-order valence-corrected chi connectivity index (χ4v) is 3.78. The van der Waals surface area contributed by atoms with Crippen molar-refractivity contribution in [3.05, 3.63) is 41.5 Å². The molecule has 0 aliphatic carbocycles. The highest BCUT2D eigenvalue weighted by Crippen LogP contribution is 2.48. The van der Waals surface area contributed by atoms with Gasteiger partial charge in [0, 0.05) is 17.5 Å². The number of hydrogen-bond donors (Lipinski definition) is 0. The summed E-state index contributed by atoms with van der Waals surface area (Å²) in [6, 6.07) is 7.62. The number of methoxy groups -OCH3 is 1. The molecule has 0 bridgehead atoms. The maximum absolute atomic E-state index is 12.5. The molecule has 0 unspecified atom stereocenters. The predicted octanol–water partition coefficient (Wildman–Crippen LogP) is 3.66. The molecule has 29 heavy (non-hydrogen) atoms. The average molecular weight is 416 g/mol. The van der Waals surface area contributed by atoms with Gasteiger partial charge in [-0.15, -0.1) is 0 Å². The second-order valence-corrected chi connectivity index (χ2v) is 7.60. The zero-order valence-corrected chi connectivity index (χ0v) is 17.6. The number of benzene rings is 1. The highest BCUT2D eigenvalue weighted by Gasteiger charge is 2.31. The molecule has 1 aliphatic heterocycles. The van der Waals surface area contributed by atoms with E-state index in [4.69, 9.17) is 14.2 Å². The Hall–Kier alpha value is -2.92. The lowest BCUT2D eigenvalue weighted by molar-refractivity contribution is -0.146. The van der Waals surface area contributed by atoms with Gasteiger partial charge in [0.05, 0.1) is 12.8 Å². The van der Waals surface area contributed by atoms with Crippen LogP contribution in [-0.2, 0) is 19.1 Å². The number of esters is 2. The Morgan fingerprint density at radius 2 is 2.03 bits per heavy atom. The summed E-state index contributed by atoms with van der Waals surface area (Å²) in [4.78, 5) is 26.4. The van der Waals surface area contributed by atoms with Crippen molar-refractivity contribution in [1.82, 2.24) is 0 Å². The summed E-state index contributed by atoms with van der Waals surface area (Å²) in [6.07, 6.45) is 1.92. The number of fused-ring (bicyclic) bond motifs is 1. The maximum Gasteiger partial charge on any atom is 0.351 e. The van der Waals surface area contributed by atoms with E-state index in [2.05, 4.69) is 20.4 Å². The van der Waals surface area contributed by atoms with Gasteiger partial charge in [0.1, 0.15) is 30.1 Å². The zero-order chi connectivity index (χ0) is 21.4. The van der Waals surface area contributed by atoms with Crippen LogP contribution >= 0.6 is 11.8 Å². The van der Waals surface area contributed by atoms with Crippen LogP contribution in [0.4, 0.5) is 5.69 Å². The van der Waals surface area contributed by atoms with Crippen LogP contribution in [0.5, 0.6) is 5.75 Å². The number of hydrogen-bond acceptors (Lipinski definition) is 8. The number of anilines is 1. The molecule has 0 fully saturated rings. The lowest BCUT2D eigenvalue weighted by atomic mass is 10.1. The average Bonchev–Trinajstić information content (AvgIpc) is 3.06. The molecule has 154 valence electrons. The Bertz CT molecular complexity index is 857. The van der Waals surface area contributed by atoms with Crippen LogP contribution in [0.2, 0.25) is 0 Å². The molecule has 0 saturated heterocycles. The summed E-state index contributed by atoms with van der Waals surface area (Å²) >= 11 is 1.34. The van der Waals surface area contributed by atoms with E-state index in [1.165, 1.54) is 11.8 Å². The normalized spacial score (nSPS) is 14.1. The molecule has 0 spiro atoms. The molecular weight excluding hydrogens is 392 g/mol. The van der Waals surface area contributed by atoms with E-state index < -0.39 is 11.9 Å². The number of carbonyl (C=O) groups excluding carboxylic acids is 2. The fraction of sp³-hybridized carbons (Fsp3) is 0.381. The van der Waals surface area contributed by atoms with Gasteiger partial charge >= 0.3 is 11.9 Å². The van der Waals surface area contributed by atoms with Crippen molar-refractivity contribution in [3.8, 4) is 11.8 Å². The van der Waals surface area contributed by atoms with E-state index >= 15 is 0 Å². The Kier molecular flexibility index (Phi) is 8.16. The second kappa shape index (κ2) is 10.6. The van der Waals surface area contributed by atoms with Gasteiger partial charge in [-0.1, -0.05) is 32.2 Å². The summed E-state index contributed by atoms with van der Waals surface area (Å²) in [6.45, 7) is 7.93. The van der Waals surface area contributed by atoms with Crippen molar-refractivity contribution in [2.24, 2.45) is 5.92 Å². The second-order valence-electron chi connectivity index (χ2n) is 6.57. The first-order chi connectivity index (χ1) is 13.9. The van der Waals surface area contributed by atoms with Crippen LogP contribution < -0.4 is 9.64 Å². The number of nitrogens with zero attached hydrogens (tertiary/aromatic N) is 2. The predicted molar refractivity (Wildman–Crippen MR) is 110 cm³/mol. The van der Waals surface area contributed by atoms with Crippen LogP contribution in [0.1, 0.15) is 20.3 Å². The Morgan fingerprint density at radius 1 is 1.31 bits per heavy atom. The van der Waals surface area contributed by atoms with Crippen LogP contribution in [0, 0.1) is 17.2 Å². The minimum Gasteiger partial charge on any atom is -0.497 e. The smallest absolute Gasteiger partial charge is 0.351 e. The molecule has 1 heterocycles. The van der Waals surface area contributed by atoms with Gasteiger partial charge in [-0.2, -0.15) is 5.26 Å². The summed E-state index contributed by atoms with van der Waals surface area (Å²) in [5, 5.41) is 10.2. The topological polar surface area (TPSA) is 88.9 Å². The molecule has 0 aromatic heterocycles. The van der Waals surface area contributed by atoms with E-state index in [1.807, 2.05) is 29.2 Å². The first-order valence-corrected chi connectivity index (χ1v) is 9.97. The summed E-state index contributed by atoms with van der Waals surface area (Å²) in [7, 11) is 1.59. The standard InChI is InChI=1S/C21H24N2O5S/c1-5-19(24)27-10-11-28-21(25)16(13-22)20-23(9-8-14(2)3)17-7-6-15(26-4)12-18(17)29-20/h5-7,12,14H,1,8-11H2,2-4H3. The largest absolute Gasteiger partial charge is 0.497 e. The maximum atomic E-state index is 12.5. The summed E-state index contributed by atoms with van der Waals surface area (Å²) < 4.78 is 15.2.